The van der Waals surface area contributed by atoms with E-state index in [9.17, 15) is 15.0 Å². The fraction of sp³-hybridized carbons (Fsp3) is 0.536. The lowest BCUT2D eigenvalue weighted by Crippen LogP contribution is -3.00. The number of phenolic OH excluding ortho intramolecular Hbond substituents is 1. The molecule has 5 unspecified atom stereocenters. The van der Waals surface area contributed by atoms with Gasteiger partial charge in [-0.25, -0.2) is 0 Å². The number of halogens is 1. The summed E-state index contributed by atoms with van der Waals surface area (Å²) in [7, 11) is 1.82. The van der Waals surface area contributed by atoms with Crippen LogP contribution in [0.3, 0.4) is 0 Å². The first-order valence-corrected chi connectivity index (χ1v) is 12.9. The first-order chi connectivity index (χ1) is 16.9. The van der Waals surface area contributed by atoms with E-state index in [2.05, 4.69) is 4.90 Å². The standard InChI is InChI=1S/C28H32N2O5.ClH/c1-29(23(32)7-4-18-9-13-34-16-18)20-8-10-28(33)22-14-19-5-6-21(31)25-24(19)27(28,26(20)35-25)11-12-30(22)15-17-2-3-17;/h4-7,9,13,16-17,20,22,26,31,33H,2-3,8,10-12,14-15H2,1H3;1H/b7-4+;. The Morgan fingerprint density at radius 2 is 2.11 bits per heavy atom. The summed E-state index contributed by atoms with van der Waals surface area (Å²) in [5.74, 6) is 1.28. The number of hydrogen-bond acceptors (Lipinski definition) is 6. The lowest BCUT2D eigenvalue weighted by molar-refractivity contribution is -0.200. The number of rotatable bonds is 5. The zero-order valence-electron chi connectivity index (χ0n) is 21.4. The Labute approximate surface area is 218 Å². The Kier molecular flexibility index (Phi) is 5.49. The van der Waals surface area contributed by atoms with Crippen LogP contribution in [-0.4, -0.2) is 69.8 Å². The number of likely N-dealkylation sites (N-methyl/N-ethyl adjacent to an activating group) is 1. The van der Waals surface area contributed by atoms with Crippen molar-refractivity contribution in [3.05, 3.63) is 53.5 Å². The topological polar surface area (TPSA) is 86.4 Å². The molecular weight excluding hydrogens is 480 g/mol. The molecule has 2 saturated carbocycles. The maximum atomic E-state index is 13.2. The quantitative estimate of drug-likeness (QED) is 0.557. The van der Waals surface area contributed by atoms with E-state index < -0.39 is 17.1 Å². The van der Waals surface area contributed by atoms with Crippen LogP contribution in [0.2, 0.25) is 0 Å². The molecule has 2 N–H and O–H groups in total. The summed E-state index contributed by atoms with van der Waals surface area (Å²) in [6.45, 7) is 1.96. The van der Waals surface area contributed by atoms with Crippen molar-refractivity contribution >= 4 is 12.0 Å². The monoisotopic (exact) mass is 512 g/mol. The molecule has 3 aliphatic carbocycles. The van der Waals surface area contributed by atoms with E-state index in [1.165, 1.54) is 18.4 Å². The van der Waals surface area contributed by atoms with E-state index in [0.29, 0.717) is 18.6 Å². The summed E-state index contributed by atoms with van der Waals surface area (Å²) in [6, 6.07) is 5.38. The van der Waals surface area contributed by atoms with Gasteiger partial charge in [-0.15, -0.1) is 0 Å². The van der Waals surface area contributed by atoms with Crippen molar-refractivity contribution in [1.82, 2.24) is 9.80 Å². The molecule has 1 aromatic heterocycles. The van der Waals surface area contributed by atoms with Gasteiger partial charge in [0.25, 0.3) is 0 Å². The summed E-state index contributed by atoms with van der Waals surface area (Å²) in [5, 5.41) is 23.3. The van der Waals surface area contributed by atoms with Crippen LogP contribution >= 0.6 is 0 Å². The van der Waals surface area contributed by atoms with E-state index in [0.717, 1.165) is 43.0 Å². The molecule has 2 aliphatic heterocycles. The average molecular weight is 513 g/mol. The van der Waals surface area contributed by atoms with Crippen LogP contribution in [0.4, 0.5) is 0 Å². The van der Waals surface area contributed by atoms with Gasteiger partial charge in [0.2, 0.25) is 5.91 Å². The van der Waals surface area contributed by atoms with Crippen molar-refractivity contribution in [3.8, 4) is 11.5 Å². The van der Waals surface area contributed by atoms with Crippen LogP contribution in [0.5, 0.6) is 11.5 Å². The Bertz CT molecular complexity index is 1220. The van der Waals surface area contributed by atoms with Crippen molar-refractivity contribution in [2.45, 2.75) is 67.7 Å². The number of aliphatic hydroxyl groups is 1. The summed E-state index contributed by atoms with van der Waals surface area (Å²) in [6.07, 6.45) is 11.5. The number of likely N-dealkylation sites (tertiary alicyclic amines) is 1. The first-order valence-electron chi connectivity index (χ1n) is 12.9. The molecule has 3 fully saturated rings. The number of nitrogens with zero attached hydrogens (tertiary/aromatic N) is 2. The van der Waals surface area contributed by atoms with E-state index in [1.54, 1.807) is 35.6 Å². The van der Waals surface area contributed by atoms with Crippen LogP contribution in [0.15, 0.2) is 41.2 Å². The fourth-order valence-corrected chi connectivity index (χ4v) is 7.67. The zero-order valence-corrected chi connectivity index (χ0v) is 21.2. The number of piperidine rings is 1. The van der Waals surface area contributed by atoms with Gasteiger partial charge in [0.1, 0.15) is 6.10 Å². The third-order valence-electron chi connectivity index (χ3n) is 9.54. The second-order valence-electron chi connectivity index (χ2n) is 11.2. The summed E-state index contributed by atoms with van der Waals surface area (Å²) < 4.78 is 11.7. The Morgan fingerprint density at radius 1 is 1.28 bits per heavy atom. The molecule has 1 aromatic carbocycles. The first kappa shape index (κ1) is 23.9. The minimum absolute atomic E-state index is 0. The van der Waals surface area contributed by atoms with Gasteiger partial charge in [0.15, 0.2) is 11.5 Å². The zero-order chi connectivity index (χ0) is 23.9. The number of benzene rings is 1. The molecule has 1 spiro atoms. The normalized spacial score (nSPS) is 34.1. The van der Waals surface area contributed by atoms with E-state index in [4.69, 9.17) is 9.15 Å². The van der Waals surface area contributed by atoms with Crippen molar-refractivity contribution in [1.29, 1.82) is 0 Å². The van der Waals surface area contributed by atoms with Gasteiger partial charge in [0, 0.05) is 36.8 Å². The Balaban J connectivity index is 0.00000140. The molecule has 2 bridgehead atoms. The molecule has 192 valence electrons. The molecule has 36 heavy (non-hydrogen) atoms. The fourth-order valence-electron chi connectivity index (χ4n) is 7.67. The minimum Gasteiger partial charge on any atom is -1.00 e. The molecule has 2 aromatic rings. The number of furan rings is 1. The van der Waals surface area contributed by atoms with E-state index in [1.807, 2.05) is 19.2 Å². The van der Waals surface area contributed by atoms with Gasteiger partial charge in [0.05, 0.1) is 29.6 Å². The highest BCUT2D eigenvalue weighted by molar-refractivity contribution is 5.91. The van der Waals surface area contributed by atoms with Gasteiger partial charge in [-0.2, -0.15) is 0 Å². The molecule has 0 radical (unpaired) electrons. The van der Waals surface area contributed by atoms with Gasteiger partial charge in [-0.1, -0.05) is 6.07 Å². The molecule has 7 nitrogen and oxygen atoms in total. The molecule has 1 saturated heterocycles. The number of ether oxygens (including phenoxy) is 1. The van der Waals surface area contributed by atoms with Crippen LogP contribution < -0.4 is 17.1 Å². The number of amides is 1. The predicted molar refractivity (Wildman–Crippen MR) is 130 cm³/mol. The van der Waals surface area contributed by atoms with E-state index in [-0.39, 0.29) is 37.6 Å². The summed E-state index contributed by atoms with van der Waals surface area (Å²) in [5.41, 5.74) is 1.44. The van der Waals surface area contributed by atoms with Crippen molar-refractivity contribution < 1.29 is 38.0 Å². The second kappa shape index (κ2) is 8.27. The predicted octanol–water partition coefficient (Wildman–Crippen LogP) is 0.206. The molecule has 8 heteroatoms. The Morgan fingerprint density at radius 3 is 2.86 bits per heavy atom. The summed E-state index contributed by atoms with van der Waals surface area (Å²) >= 11 is 0. The van der Waals surface area contributed by atoms with Gasteiger partial charge in [-0.05, 0) is 74.8 Å². The number of carbonyl (C=O) groups is 1. The highest BCUT2D eigenvalue weighted by Crippen LogP contribution is 2.66. The van der Waals surface area contributed by atoms with Crippen molar-refractivity contribution in [2.24, 2.45) is 5.92 Å². The van der Waals surface area contributed by atoms with Crippen LogP contribution in [0.25, 0.3) is 6.08 Å². The van der Waals surface area contributed by atoms with Gasteiger partial charge >= 0.3 is 1.43 Å². The van der Waals surface area contributed by atoms with Crippen LogP contribution in [0, 0.1) is 5.92 Å². The molecule has 5 atom stereocenters. The number of hydrogen-bond donors (Lipinski definition) is 2. The van der Waals surface area contributed by atoms with Crippen LogP contribution in [-0.2, 0) is 16.6 Å². The highest BCUT2D eigenvalue weighted by Gasteiger charge is 2.73. The van der Waals surface area contributed by atoms with E-state index >= 15 is 0 Å². The third-order valence-corrected chi connectivity index (χ3v) is 9.54. The maximum Gasteiger partial charge on any atom is 1.00 e. The minimum atomic E-state index is -0.941. The maximum absolute atomic E-state index is 13.2. The average Bonchev–Trinajstić information content (AvgIpc) is 3.36. The van der Waals surface area contributed by atoms with Gasteiger partial charge in [-0.3, -0.25) is 9.69 Å². The molecule has 7 rings (SSSR count). The third kappa shape index (κ3) is 3.15. The largest absolute Gasteiger partial charge is 1.00 e. The smallest absolute Gasteiger partial charge is 1.00 e. The van der Waals surface area contributed by atoms with Crippen molar-refractivity contribution in [2.75, 3.05) is 20.1 Å². The Hall–Kier alpha value is -2.48. The second-order valence-corrected chi connectivity index (χ2v) is 11.2. The molecule has 1 amide bonds. The highest BCUT2D eigenvalue weighted by atomic mass is 35.5. The number of aromatic hydroxyl groups is 1. The van der Waals surface area contributed by atoms with Gasteiger partial charge < -0.3 is 36.7 Å². The number of carbonyl (C=O) groups excluding carboxylic acids is 1. The lowest BCUT2D eigenvalue weighted by Gasteiger charge is -2.64. The molecule has 3 heterocycles. The van der Waals surface area contributed by atoms with Crippen LogP contribution in [0.1, 0.15) is 50.2 Å². The number of phenols is 1. The summed E-state index contributed by atoms with van der Waals surface area (Å²) in [4.78, 5) is 17.5. The van der Waals surface area contributed by atoms with Crippen molar-refractivity contribution in [3.63, 3.8) is 0 Å². The molecular formula is C28H33ClN2O5. The molecule has 5 aliphatic rings. The lowest BCUT2D eigenvalue weighted by atomic mass is 9.48. The SMILES string of the molecule is CN(C(=O)/C=C/c1ccoc1)C1CCC2(O)C3Cc4ccc(O)c5c4C2(CCN3CC2CC2)C1O5.[Cl-].[H+].